The molecule has 1 aliphatic rings. The molecule has 0 aromatic rings. The zero-order chi connectivity index (χ0) is 10.1. The lowest BCUT2D eigenvalue weighted by molar-refractivity contribution is -0.112. The van der Waals surface area contributed by atoms with E-state index in [2.05, 4.69) is 32.9 Å². The Morgan fingerprint density at radius 1 is 1.62 bits per heavy atom. The van der Waals surface area contributed by atoms with Gasteiger partial charge in [-0.2, -0.15) is 0 Å². The highest BCUT2D eigenvalue weighted by Crippen LogP contribution is 2.43. The number of rotatable bonds is 2. The van der Waals surface area contributed by atoms with Gasteiger partial charge >= 0.3 is 0 Å². The molecule has 0 aromatic heterocycles. The predicted octanol–water partition coefficient (Wildman–Crippen LogP) is 3.12. The van der Waals surface area contributed by atoms with Crippen molar-refractivity contribution in [3.8, 4) is 0 Å². The Bertz CT molecular complexity index is 269. The summed E-state index contributed by atoms with van der Waals surface area (Å²) in [6, 6.07) is 0. The molecule has 1 atom stereocenters. The minimum absolute atomic E-state index is 0.139. The van der Waals surface area contributed by atoms with Crippen LogP contribution >= 0.6 is 0 Å². The highest BCUT2D eigenvalue weighted by molar-refractivity contribution is 5.87. The normalized spacial score (nSPS) is 26.5. The second-order valence-electron chi connectivity index (χ2n) is 4.42. The minimum Gasteiger partial charge on any atom is -0.295 e. The molecule has 1 rings (SSSR count). The average Bonchev–Trinajstić information content (AvgIpc) is 2.25. The lowest BCUT2D eigenvalue weighted by Gasteiger charge is -2.27. The van der Waals surface area contributed by atoms with Gasteiger partial charge in [-0.05, 0) is 37.7 Å². The van der Waals surface area contributed by atoms with Crippen molar-refractivity contribution in [2.45, 2.75) is 34.1 Å². The summed E-state index contributed by atoms with van der Waals surface area (Å²) in [5, 5.41) is 0. The molecule has 0 saturated heterocycles. The molecular weight excluding hydrogens is 160 g/mol. The first-order chi connectivity index (χ1) is 5.94. The fourth-order valence-electron chi connectivity index (χ4n) is 1.72. The van der Waals surface area contributed by atoms with Gasteiger partial charge in [0.25, 0.3) is 0 Å². The summed E-state index contributed by atoms with van der Waals surface area (Å²) in [5.41, 5.74) is 1.66. The molecule has 13 heavy (non-hydrogen) atoms. The zero-order valence-electron chi connectivity index (χ0n) is 8.92. The molecule has 0 bridgehead atoms. The highest BCUT2D eigenvalue weighted by atomic mass is 16.1. The Hall–Kier alpha value is -0.850. The van der Waals surface area contributed by atoms with Crippen molar-refractivity contribution in [2.24, 2.45) is 11.3 Å². The Kier molecular flexibility index (Phi) is 2.74. The third kappa shape index (κ3) is 2.09. The molecule has 0 fully saturated rings. The number of allylic oxidation sites excluding steroid dienone is 4. The van der Waals surface area contributed by atoms with Crippen LogP contribution in [0.2, 0.25) is 0 Å². The van der Waals surface area contributed by atoms with Crippen molar-refractivity contribution in [3.05, 3.63) is 23.8 Å². The van der Waals surface area contributed by atoms with Crippen LogP contribution in [0.4, 0.5) is 0 Å². The highest BCUT2D eigenvalue weighted by Gasteiger charge is 2.32. The van der Waals surface area contributed by atoms with Gasteiger partial charge in [0, 0.05) is 0 Å². The summed E-state index contributed by atoms with van der Waals surface area (Å²) in [6.07, 6.45) is 7.09. The van der Waals surface area contributed by atoms with Crippen molar-refractivity contribution >= 4 is 5.78 Å². The van der Waals surface area contributed by atoms with Crippen molar-refractivity contribution in [3.63, 3.8) is 0 Å². The van der Waals surface area contributed by atoms with Gasteiger partial charge in [-0.25, -0.2) is 0 Å². The third-order valence-corrected chi connectivity index (χ3v) is 3.18. The monoisotopic (exact) mass is 178 g/mol. The van der Waals surface area contributed by atoms with E-state index in [9.17, 15) is 4.79 Å². The fourth-order valence-corrected chi connectivity index (χ4v) is 1.72. The molecule has 0 saturated carbocycles. The average molecular weight is 178 g/mol. The molecule has 0 amide bonds. The first-order valence-corrected chi connectivity index (χ1v) is 4.80. The molecule has 1 heteroatoms. The smallest absolute Gasteiger partial charge is 0.152 e. The molecule has 1 aliphatic carbocycles. The molecule has 0 N–H and O–H groups in total. The Balaban J connectivity index is 2.72. The molecule has 0 aromatic carbocycles. The Labute approximate surface area is 80.5 Å². The van der Waals surface area contributed by atoms with E-state index in [0.29, 0.717) is 5.92 Å². The number of hydrogen-bond donors (Lipinski definition) is 0. The predicted molar refractivity (Wildman–Crippen MR) is 55.5 cm³/mol. The SMILES string of the molecule is CC(=O)/C=C/C1CC=C(C)C1(C)C. The quantitative estimate of drug-likeness (QED) is 0.469. The van der Waals surface area contributed by atoms with Gasteiger partial charge in [-0.15, -0.1) is 0 Å². The number of carbonyl (C=O) groups excluding carboxylic acids is 1. The lowest BCUT2D eigenvalue weighted by Crippen LogP contribution is -2.18. The van der Waals surface area contributed by atoms with Crippen molar-refractivity contribution < 1.29 is 4.79 Å². The van der Waals surface area contributed by atoms with Crippen LogP contribution in [0.5, 0.6) is 0 Å². The van der Waals surface area contributed by atoms with Crippen LogP contribution in [0, 0.1) is 11.3 Å². The first kappa shape index (κ1) is 10.2. The van der Waals surface area contributed by atoms with Crippen LogP contribution < -0.4 is 0 Å². The molecule has 0 aliphatic heterocycles. The summed E-state index contributed by atoms with van der Waals surface area (Å²) in [5.74, 6) is 0.636. The second-order valence-corrected chi connectivity index (χ2v) is 4.42. The first-order valence-electron chi connectivity index (χ1n) is 4.80. The fraction of sp³-hybridized carbons (Fsp3) is 0.583. The van der Waals surface area contributed by atoms with Gasteiger partial charge in [-0.3, -0.25) is 4.79 Å². The number of carbonyl (C=O) groups is 1. The number of hydrogen-bond acceptors (Lipinski definition) is 1. The van der Waals surface area contributed by atoms with Crippen LogP contribution in [-0.2, 0) is 4.79 Å². The van der Waals surface area contributed by atoms with E-state index in [1.165, 1.54) is 5.57 Å². The molecule has 0 heterocycles. The van der Waals surface area contributed by atoms with Gasteiger partial charge in [0.2, 0.25) is 0 Å². The summed E-state index contributed by atoms with van der Waals surface area (Å²) in [4.78, 5) is 10.8. The van der Waals surface area contributed by atoms with E-state index in [-0.39, 0.29) is 11.2 Å². The Morgan fingerprint density at radius 2 is 2.23 bits per heavy atom. The lowest BCUT2D eigenvalue weighted by atomic mass is 9.77. The van der Waals surface area contributed by atoms with Crippen LogP contribution in [0.3, 0.4) is 0 Å². The van der Waals surface area contributed by atoms with Crippen LogP contribution in [0.1, 0.15) is 34.1 Å². The Morgan fingerprint density at radius 3 is 2.62 bits per heavy atom. The standard InChI is InChI=1S/C12H18O/c1-9-5-7-11(12(9,3)4)8-6-10(2)13/h5-6,8,11H,7H2,1-4H3/b8-6+. The van der Waals surface area contributed by atoms with Gasteiger partial charge in [0.1, 0.15) is 0 Å². The summed E-state index contributed by atoms with van der Waals surface area (Å²) in [7, 11) is 0. The molecule has 1 unspecified atom stereocenters. The van der Waals surface area contributed by atoms with E-state index >= 15 is 0 Å². The third-order valence-electron chi connectivity index (χ3n) is 3.18. The summed E-state index contributed by atoms with van der Waals surface area (Å²) < 4.78 is 0. The van der Waals surface area contributed by atoms with Crippen molar-refractivity contribution in [1.29, 1.82) is 0 Å². The molecule has 72 valence electrons. The maximum absolute atomic E-state index is 10.8. The topological polar surface area (TPSA) is 17.1 Å². The molecular formula is C12H18O. The van der Waals surface area contributed by atoms with Crippen LogP contribution in [0.15, 0.2) is 23.8 Å². The summed E-state index contributed by atoms with van der Waals surface area (Å²) >= 11 is 0. The second kappa shape index (κ2) is 3.49. The van der Waals surface area contributed by atoms with Gasteiger partial charge in [0.15, 0.2) is 5.78 Å². The summed E-state index contributed by atoms with van der Waals surface area (Å²) in [6.45, 7) is 8.24. The van der Waals surface area contributed by atoms with E-state index in [0.717, 1.165) is 6.42 Å². The van der Waals surface area contributed by atoms with E-state index in [1.54, 1.807) is 13.0 Å². The van der Waals surface area contributed by atoms with Crippen molar-refractivity contribution in [2.75, 3.05) is 0 Å². The van der Waals surface area contributed by atoms with Crippen LogP contribution in [-0.4, -0.2) is 5.78 Å². The molecule has 1 nitrogen and oxygen atoms in total. The molecule has 0 radical (unpaired) electrons. The van der Waals surface area contributed by atoms with Gasteiger partial charge in [-0.1, -0.05) is 31.6 Å². The van der Waals surface area contributed by atoms with Crippen LogP contribution in [0.25, 0.3) is 0 Å². The van der Waals surface area contributed by atoms with E-state index in [1.807, 2.05) is 0 Å². The maximum atomic E-state index is 10.8. The van der Waals surface area contributed by atoms with Crippen molar-refractivity contribution in [1.82, 2.24) is 0 Å². The minimum atomic E-state index is 0.139. The van der Waals surface area contributed by atoms with E-state index in [4.69, 9.17) is 0 Å². The van der Waals surface area contributed by atoms with E-state index < -0.39 is 0 Å². The largest absolute Gasteiger partial charge is 0.295 e. The maximum Gasteiger partial charge on any atom is 0.152 e. The zero-order valence-corrected chi connectivity index (χ0v) is 8.92. The molecule has 0 spiro atoms. The van der Waals surface area contributed by atoms with Gasteiger partial charge in [0.05, 0.1) is 0 Å². The van der Waals surface area contributed by atoms with Gasteiger partial charge < -0.3 is 0 Å². The number of ketones is 1.